The molecule has 1 atom stereocenters. The van der Waals surface area contributed by atoms with Gasteiger partial charge in [-0.15, -0.1) is 0 Å². The lowest BCUT2D eigenvalue weighted by atomic mass is 9.82. The summed E-state index contributed by atoms with van der Waals surface area (Å²) in [7, 11) is 0. The van der Waals surface area contributed by atoms with Crippen LogP contribution in [0.4, 0.5) is 10.6 Å². The molecule has 1 spiro atoms. The lowest BCUT2D eigenvalue weighted by Gasteiger charge is -2.30. The number of nitrogens with one attached hydrogen (secondary N) is 1. The van der Waals surface area contributed by atoms with Gasteiger partial charge in [-0.05, 0) is 56.5 Å². The van der Waals surface area contributed by atoms with Crippen molar-refractivity contribution in [1.82, 2.24) is 30.0 Å². The van der Waals surface area contributed by atoms with Gasteiger partial charge in [0.1, 0.15) is 11.9 Å². The van der Waals surface area contributed by atoms with Gasteiger partial charge in [0.25, 0.3) is 0 Å². The number of rotatable bonds is 3. The average Bonchev–Trinajstić information content (AvgIpc) is 3.51. The molecule has 5 heterocycles. The Morgan fingerprint density at radius 3 is 2.76 bits per heavy atom. The zero-order valence-corrected chi connectivity index (χ0v) is 18.7. The molecule has 9 nitrogen and oxygen atoms in total. The lowest BCUT2D eigenvalue weighted by Crippen LogP contribution is -2.48. The molecule has 33 heavy (non-hydrogen) atoms. The van der Waals surface area contributed by atoms with Crippen LogP contribution in [-0.4, -0.2) is 43.8 Å². The third-order valence-electron chi connectivity index (χ3n) is 6.92. The van der Waals surface area contributed by atoms with E-state index in [2.05, 4.69) is 27.4 Å². The first kappa shape index (κ1) is 20.9. The number of carbonyl (C=O) groups is 1. The van der Waals surface area contributed by atoms with E-state index in [4.69, 9.17) is 10.8 Å². The molecule has 2 amide bonds. The van der Waals surface area contributed by atoms with Crippen molar-refractivity contribution in [2.75, 3.05) is 18.8 Å². The van der Waals surface area contributed by atoms with Crippen LogP contribution in [0.2, 0.25) is 0 Å². The predicted molar refractivity (Wildman–Crippen MR) is 123 cm³/mol. The smallest absolute Gasteiger partial charge is 0.318 e. The Labute approximate surface area is 192 Å². The normalized spacial score (nSPS) is 19.5. The van der Waals surface area contributed by atoms with E-state index in [1.165, 1.54) is 0 Å². The van der Waals surface area contributed by atoms with Crippen molar-refractivity contribution in [3.8, 4) is 17.3 Å². The van der Waals surface area contributed by atoms with E-state index in [1.807, 2.05) is 35.6 Å². The number of likely N-dealkylation sites (tertiary alicyclic amines) is 1. The average molecular weight is 443 g/mol. The molecule has 3 N–H and O–H groups in total. The number of nitrogens with two attached hydrogens (primary N) is 1. The summed E-state index contributed by atoms with van der Waals surface area (Å²) in [6.45, 7) is 6.15. The minimum atomic E-state index is -0.499. The van der Waals surface area contributed by atoms with E-state index in [0.717, 1.165) is 41.9 Å². The maximum Gasteiger partial charge on any atom is 0.318 e. The molecule has 0 bridgehead atoms. The van der Waals surface area contributed by atoms with Crippen molar-refractivity contribution in [3.05, 3.63) is 59.7 Å². The molecule has 5 rings (SSSR count). The highest BCUT2D eigenvalue weighted by Gasteiger charge is 2.47. The van der Waals surface area contributed by atoms with E-state index in [9.17, 15) is 10.1 Å². The second-order valence-electron chi connectivity index (χ2n) is 9.40. The number of aromatic nitrogens is 4. The van der Waals surface area contributed by atoms with Gasteiger partial charge in [-0.2, -0.15) is 10.4 Å². The van der Waals surface area contributed by atoms with Gasteiger partial charge in [-0.25, -0.2) is 9.78 Å². The van der Waals surface area contributed by atoms with Crippen molar-refractivity contribution in [2.45, 2.75) is 44.2 Å². The van der Waals surface area contributed by atoms with Crippen LogP contribution >= 0.6 is 0 Å². The summed E-state index contributed by atoms with van der Waals surface area (Å²) >= 11 is 0. The standard InChI is InChI=1S/C24H26N8O/c1-23(2,18-3-7-27-8-4-18)29-22(33)31-9-5-24(15-31)6-10-32-20(24)12-19(30-32)17-11-16(13-25)21(26)28-14-17/h3-4,7-8,11-12,14H,5-6,9-10,15H2,1-2H3,(H2,26,28)(H,29,33)/t24-/m1/s1. The van der Waals surface area contributed by atoms with Crippen molar-refractivity contribution in [3.63, 3.8) is 0 Å². The highest BCUT2D eigenvalue weighted by Crippen LogP contribution is 2.44. The van der Waals surface area contributed by atoms with Crippen molar-refractivity contribution in [2.24, 2.45) is 0 Å². The molecule has 1 saturated heterocycles. The van der Waals surface area contributed by atoms with Gasteiger partial charge in [0.15, 0.2) is 0 Å². The molecule has 0 radical (unpaired) electrons. The van der Waals surface area contributed by atoms with Crippen molar-refractivity contribution >= 4 is 11.8 Å². The number of anilines is 1. The fourth-order valence-electron chi connectivity index (χ4n) is 4.95. The molecule has 9 heteroatoms. The molecule has 2 aliphatic rings. The zero-order valence-electron chi connectivity index (χ0n) is 18.7. The Kier molecular flexibility index (Phi) is 4.81. The topological polar surface area (TPSA) is 126 Å². The molecule has 0 saturated carbocycles. The first-order valence-corrected chi connectivity index (χ1v) is 11.0. The molecular weight excluding hydrogens is 416 g/mol. The summed E-state index contributed by atoms with van der Waals surface area (Å²) in [5, 5.41) is 17.2. The van der Waals surface area contributed by atoms with E-state index in [0.29, 0.717) is 18.7 Å². The zero-order chi connectivity index (χ0) is 23.2. The number of hydrogen-bond acceptors (Lipinski definition) is 6. The maximum absolute atomic E-state index is 13.1. The number of fused-ring (bicyclic) bond motifs is 2. The first-order chi connectivity index (χ1) is 15.8. The minimum absolute atomic E-state index is 0.0618. The molecule has 2 aliphatic heterocycles. The molecule has 0 unspecified atom stereocenters. The van der Waals surface area contributed by atoms with Crippen LogP contribution in [0.3, 0.4) is 0 Å². The Hall–Kier alpha value is -3.93. The van der Waals surface area contributed by atoms with Crippen LogP contribution in [-0.2, 0) is 17.5 Å². The fraction of sp³-hybridized carbons (Fsp3) is 0.375. The van der Waals surface area contributed by atoms with Gasteiger partial charge in [0.2, 0.25) is 0 Å². The van der Waals surface area contributed by atoms with Crippen LogP contribution in [0, 0.1) is 11.3 Å². The number of nitriles is 1. The molecule has 168 valence electrons. The second kappa shape index (κ2) is 7.59. The number of hydrogen-bond donors (Lipinski definition) is 2. The first-order valence-electron chi connectivity index (χ1n) is 11.0. The summed E-state index contributed by atoms with van der Waals surface area (Å²) in [6.07, 6.45) is 6.97. The van der Waals surface area contributed by atoms with Gasteiger partial charge in [0, 0.05) is 54.9 Å². The molecule has 1 fully saturated rings. The summed E-state index contributed by atoms with van der Waals surface area (Å²) < 4.78 is 2.03. The van der Waals surface area contributed by atoms with Gasteiger partial charge in [0.05, 0.1) is 16.8 Å². The van der Waals surface area contributed by atoms with E-state index >= 15 is 0 Å². The highest BCUT2D eigenvalue weighted by atomic mass is 16.2. The van der Waals surface area contributed by atoms with Crippen LogP contribution in [0.15, 0.2) is 42.9 Å². The van der Waals surface area contributed by atoms with Gasteiger partial charge < -0.3 is 16.0 Å². The van der Waals surface area contributed by atoms with Crippen molar-refractivity contribution < 1.29 is 4.79 Å². The van der Waals surface area contributed by atoms with Crippen LogP contribution in [0.25, 0.3) is 11.3 Å². The third kappa shape index (κ3) is 3.57. The molecule has 0 aromatic carbocycles. The Morgan fingerprint density at radius 1 is 1.24 bits per heavy atom. The molecule has 3 aromatic rings. The SMILES string of the molecule is CC(C)(NC(=O)N1CC[C@@]2(CCn3nc(-c4cnc(N)c(C#N)c4)cc32)C1)c1ccncc1. The van der Waals surface area contributed by atoms with E-state index in [-0.39, 0.29) is 17.3 Å². The lowest BCUT2D eigenvalue weighted by molar-refractivity contribution is 0.194. The Balaban J connectivity index is 1.35. The number of nitrogen functional groups attached to an aromatic ring is 1. The van der Waals surface area contributed by atoms with E-state index in [1.54, 1.807) is 24.7 Å². The van der Waals surface area contributed by atoms with Crippen LogP contribution < -0.4 is 11.1 Å². The third-order valence-corrected chi connectivity index (χ3v) is 6.92. The van der Waals surface area contributed by atoms with Crippen molar-refractivity contribution in [1.29, 1.82) is 5.26 Å². The monoisotopic (exact) mass is 442 g/mol. The molecule has 0 aliphatic carbocycles. The number of nitrogens with zero attached hydrogens (tertiary/aromatic N) is 6. The van der Waals surface area contributed by atoms with Gasteiger partial charge in [-0.1, -0.05) is 0 Å². The molecular formula is C24H26N8O. The number of urea groups is 1. The maximum atomic E-state index is 13.1. The Bertz CT molecular complexity index is 1260. The number of carbonyl (C=O) groups excluding carboxylic acids is 1. The number of amides is 2. The van der Waals surface area contributed by atoms with Crippen LogP contribution in [0.1, 0.15) is 43.5 Å². The Morgan fingerprint density at radius 2 is 2.00 bits per heavy atom. The second-order valence-corrected chi connectivity index (χ2v) is 9.40. The number of pyridine rings is 2. The quantitative estimate of drug-likeness (QED) is 0.642. The summed E-state index contributed by atoms with van der Waals surface area (Å²) in [6, 6.07) is 9.66. The van der Waals surface area contributed by atoms with Gasteiger partial charge >= 0.3 is 6.03 Å². The fourth-order valence-corrected chi connectivity index (χ4v) is 4.95. The largest absolute Gasteiger partial charge is 0.383 e. The number of aryl methyl sites for hydroxylation is 1. The van der Waals surface area contributed by atoms with Gasteiger partial charge in [-0.3, -0.25) is 9.67 Å². The summed E-state index contributed by atoms with van der Waals surface area (Å²) in [5.74, 6) is 0.219. The van der Waals surface area contributed by atoms with Crippen LogP contribution in [0.5, 0.6) is 0 Å². The minimum Gasteiger partial charge on any atom is -0.383 e. The summed E-state index contributed by atoms with van der Waals surface area (Å²) in [4.78, 5) is 23.2. The molecule has 3 aromatic heterocycles. The predicted octanol–water partition coefficient (Wildman–Crippen LogP) is 2.79. The van der Waals surface area contributed by atoms with E-state index < -0.39 is 5.54 Å². The highest BCUT2D eigenvalue weighted by molar-refractivity contribution is 5.76. The summed E-state index contributed by atoms with van der Waals surface area (Å²) in [5.41, 5.74) is 9.19.